The van der Waals surface area contributed by atoms with E-state index in [0.29, 0.717) is 12.1 Å². The number of carbonyl (C=O) groups excluding carboxylic acids is 2. The van der Waals surface area contributed by atoms with Crippen LogP contribution in [0, 0.1) is 11.7 Å². The second-order valence-electron chi connectivity index (χ2n) is 5.76. The number of hydrogen-bond acceptors (Lipinski definition) is 3. The number of hydrogen-bond donors (Lipinski definition) is 2. The van der Waals surface area contributed by atoms with Gasteiger partial charge in [0.1, 0.15) is 5.82 Å². The SMILES string of the molecule is CCCCNC(=O)C1CC(=O)N(c2n[nH]c3cccc(F)c23)C1. The number of anilines is 1. The van der Waals surface area contributed by atoms with Gasteiger partial charge in [-0.3, -0.25) is 19.6 Å². The van der Waals surface area contributed by atoms with E-state index in [1.807, 2.05) is 6.92 Å². The van der Waals surface area contributed by atoms with Gasteiger partial charge in [-0.25, -0.2) is 4.39 Å². The Morgan fingerprint density at radius 3 is 3.13 bits per heavy atom. The molecule has 1 aromatic heterocycles. The lowest BCUT2D eigenvalue weighted by Crippen LogP contribution is -2.33. The first-order chi connectivity index (χ1) is 11.1. The molecule has 1 aliphatic rings. The van der Waals surface area contributed by atoms with Crippen LogP contribution < -0.4 is 10.2 Å². The van der Waals surface area contributed by atoms with E-state index in [2.05, 4.69) is 15.5 Å². The van der Waals surface area contributed by atoms with Gasteiger partial charge in [0.05, 0.1) is 16.8 Å². The molecule has 122 valence electrons. The number of halogens is 1. The Morgan fingerprint density at radius 2 is 2.35 bits per heavy atom. The number of nitrogens with one attached hydrogen (secondary N) is 2. The van der Waals surface area contributed by atoms with Crippen molar-refractivity contribution in [3.8, 4) is 0 Å². The Labute approximate surface area is 133 Å². The molecule has 0 radical (unpaired) electrons. The summed E-state index contributed by atoms with van der Waals surface area (Å²) in [5.41, 5.74) is 0.531. The summed E-state index contributed by atoms with van der Waals surface area (Å²) in [7, 11) is 0. The van der Waals surface area contributed by atoms with E-state index < -0.39 is 11.7 Å². The minimum absolute atomic E-state index is 0.126. The zero-order valence-electron chi connectivity index (χ0n) is 12.9. The van der Waals surface area contributed by atoms with E-state index in [1.165, 1.54) is 11.0 Å². The van der Waals surface area contributed by atoms with Crippen LogP contribution in [0.1, 0.15) is 26.2 Å². The molecule has 0 bridgehead atoms. The zero-order chi connectivity index (χ0) is 16.4. The predicted octanol–water partition coefficient (Wildman–Crippen LogP) is 1.97. The molecule has 3 rings (SSSR count). The van der Waals surface area contributed by atoms with Crippen molar-refractivity contribution < 1.29 is 14.0 Å². The van der Waals surface area contributed by atoms with E-state index in [0.717, 1.165) is 12.8 Å². The van der Waals surface area contributed by atoms with Crippen molar-refractivity contribution in [3.05, 3.63) is 24.0 Å². The van der Waals surface area contributed by atoms with Crippen molar-refractivity contribution in [1.82, 2.24) is 15.5 Å². The third kappa shape index (κ3) is 2.91. The number of aromatic nitrogens is 2. The van der Waals surface area contributed by atoms with Crippen LogP contribution in [0.15, 0.2) is 18.2 Å². The second-order valence-corrected chi connectivity index (χ2v) is 5.76. The largest absolute Gasteiger partial charge is 0.356 e. The van der Waals surface area contributed by atoms with Crippen molar-refractivity contribution in [2.75, 3.05) is 18.0 Å². The Kier molecular flexibility index (Phi) is 4.27. The lowest BCUT2D eigenvalue weighted by atomic mass is 10.1. The molecule has 1 unspecified atom stereocenters. The van der Waals surface area contributed by atoms with Crippen LogP contribution >= 0.6 is 0 Å². The first-order valence-corrected chi connectivity index (χ1v) is 7.82. The molecule has 1 atom stereocenters. The van der Waals surface area contributed by atoms with Crippen LogP contribution in [-0.4, -0.2) is 35.1 Å². The smallest absolute Gasteiger partial charge is 0.229 e. The van der Waals surface area contributed by atoms with Gasteiger partial charge in [-0.2, -0.15) is 5.10 Å². The molecule has 1 fully saturated rings. The molecule has 1 saturated heterocycles. The molecule has 6 nitrogen and oxygen atoms in total. The topological polar surface area (TPSA) is 78.1 Å². The molecule has 0 spiro atoms. The molecule has 1 aromatic carbocycles. The highest BCUT2D eigenvalue weighted by molar-refractivity contribution is 6.05. The summed E-state index contributed by atoms with van der Waals surface area (Å²) in [6, 6.07) is 4.61. The minimum atomic E-state index is -0.435. The number of carbonyl (C=O) groups is 2. The number of aromatic amines is 1. The van der Waals surface area contributed by atoms with Gasteiger partial charge in [-0.15, -0.1) is 0 Å². The third-order valence-corrected chi connectivity index (χ3v) is 4.10. The lowest BCUT2D eigenvalue weighted by molar-refractivity contribution is -0.126. The first-order valence-electron chi connectivity index (χ1n) is 7.82. The predicted molar refractivity (Wildman–Crippen MR) is 84.4 cm³/mol. The van der Waals surface area contributed by atoms with E-state index in [1.54, 1.807) is 12.1 Å². The van der Waals surface area contributed by atoms with Crippen molar-refractivity contribution in [2.45, 2.75) is 26.2 Å². The monoisotopic (exact) mass is 318 g/mol. The molecule has 2 N–H and O–H groups in total. The molecule has 0 aliphatic carbocycles. The number of H-pyrrole nitrogens is 1. The fourth-order valence-electron chi connectivity index (χ4n) is 2.83. The molecule has 2 heterocycles. The van der Waals surface area contributed by atoms with Crippen molar-refractivity contribution in [3.63, 3.8) is 0 Å². The lowest BCUT2D eigenvalue weighted by Gasteiger charge is -2.14. The van der Waals surface area contributed by atoms with Crippen molar-refractivity contribution >= 4 is 28.5 Å². The van der Waals surface area contributed by atoms with Gasteiger partial charge in [0.25, 0.3) is 0 Å². The Hall–Kier alpha value is -2.44. The molecule has 2 amide bonds. The summed E-state index contributed by atoms with van der Waals surface area (Å²) in [5.74, 6) is -0.938. The Bertz CT molecular complexity index is 743. The van der Waals surface area contributed by atoms with Crippen molar-refractivity contribution in [2.24, 2.45) is 5.92 Å². The van der Waals surface area contributed by atoms with Crippen LogP contribution in [0.4, 0.5) is 10.2 Å². The third-order valence-electron chi connectivity index (χ3n) is 4.10. The van der Waals surface area contributed by atoms with Crippen molar-refractivity contribution in [1.29, 1.82) is 0 Å². The van der Waals surface area contributed by atoms with Crippen LogP contribution in [0.3, 0.4) is 0 Å². The maximum Gasteiger partial charge on any atom is 0.229 e. The summed E-state index contributed by atoms with van der Waals surface area (Å²) in [6.07, 6.45) is 2.03. The highest BCUT2D eigenvalue weighted by Crippen LogP contribution is 2.31. The maximum absolute atomic E-state index is 14.0. The van der Waals surface area contributed by atoms with Gasteiger partial charge in [0, 0.05) is 19.5 Å². The fraction of sp³-hybridized carbons (Fsp3) is 0.438. The van der Waals surface area contributed by atoms with Crippen LogP contribution in [0.2, 0.25) is 0 Å². The highest BCUT2D eigenvalue weighted by Gasteiger charge is 2.37. The molecule has 1 aliphatic heterocycles. The number of amides is 2. The van der Waals surface area contributed by atoms with E-state index >= 15 is 0 Å². The standard InChI is InChI=1S/C16H19FN4O2/c1-2-3-7-18-16(23)10-8-13(22)21(9-10)15-14-11(17)5-4-6-12(14)19-20-15/h4-6,10H,2-3,7-9H2,1H3,(H,18,23)(H,19,20). The van der Waals surface area contributed by atoms with Crippen LogP contribution in [-0.2, 0) is 9.59 Å². The van der Waals surface area contributed by atoms with Gasteiger partial charge in [0.15, 0.2) is 5.82 Å². The van der Waals surface area contributed by atoms with E-state index in [9.17, 15) is 14.0 Å². The number of unbranched alkanes of at least 4 members (excludes halogenated alkanes) is 1. The average Bonchev–Trinajstić information content (AvgIpc) is 3.11. The normalized spacial score (nSPS) is 17.9. The highest BCUT2D eigenvalue weighted by atomic mass is 19.1. The molecule has 2 aromatic rings. The average molecular weight is 318 g/mol. The number of benzene rings is 1. The van der Waals surface area contributed by atoms with Crippen LogP contribution in [0.5, 0.6) is 0 Å². The van der Waals surface area contributed by atoms with E-state index in [4.69, 9.17) is 0 Å². The summed E-state index contributed by atoms with van der Waals surface area (Å²) in [4.78, 5) is 25.8. The van der Waals surface area contributed by atoms with Gasteiger partial charge in [-0.05, 0) is 18.6 Å². The second kappa shape index (κ2) is 6.36. The fourth-order valence-corrected chi connectivity index (χ4v) is 2.83. The summed E-state index contributed by atoms with van der Waals surface area (Å²) < 4.78 is 14.0. The molecule has 23 heavy (non-hydrogen) atoms. The molecular formula is C16H19FN4O2. The Morgan fingerprint density at radius 1 is 1.52 bits per heavy atom. The molecule has 7 heteroatoms. The molecular weight excluding hydrogens is 299 g/mol. The Balaban J connectivity index is 1.78. The van der Waals surface area contributed by atoms with E-state index in [-0.39, 0.29) is 36.0 Å². The number of rotatable bonds is 5. The van der Waals surface area contributed by atoms with Gasteiger partial charge in [-0.1, -0.05) is 19.4 Å². The maximum atomic E-state index is 14.0. The summed E-state index contributed by atoms with van der Waals surface area (Å²) in [6.45, 7) is 2.88. The number of fused-ring (bicyclic) bond motifs is 1. The first kappa shape index (κ1) is 15.5. The molecule has 0 saturated carbocycles. The number of nitrogens with zero attached hydrogens (tertiary/aromatic N) is 2. The summed E-state index contributed by atoms with van der Waals surface area (Å²) in [5, 5.41) is 9.92. The van der Waals surface area contributed by atoms with Gasteiger partial charge >= 0.3 is 0 Å². The summed E-state index contributed by atoms with van der Waals surface area (Å²) >= 11 is 0. The quantitative estimate of drug-likeness (QED) is 0.827. The minimum Gasteiger partial charge on any atom is -0.356 e. The van der Waals surface area contributed by atoms with Gasteiger partial charge < -0.3 is 5.32 Å². The zero-order valence-corrected chi connectivity index (χ0v) is 12.9. The van der Waals surface area contributed by atoms with Gasteiger partial charge in [0.2, 0.25) is 11.8 Å². The van der Waals surface area contributed by atoms with Crippen LogP contribution in [0.25, 0.3) is 10.9 Å².